The zero-order valence-electron chi connectivity index (χ0n) is 17.4. The SMILES string of the molecule is Cc1c(C(=O)NC[C@@H](c2cccc3ccccc23)N2CCOCC2)cccc1[N+](=O)[O-]. The van der Waals surface area contributed by atoms with Gasteiger partial charge in [-0.15, -0.1) is 0 Å². The summed E-state index contributed by atoms with van der Waals surface area (Å²) in [5, 5.41) is 16.6. The molecule has 0 spiro atoms. The van der Waals surface area contributed by atoms with Gasteiger partial charge in [-0.05, 0) is 29.3 Å². The summed E-state index contributed by atoms with van der Waals surface area (Å²) in [5.41, 5.74) is 1.80. The molecule has 1 fully saturated rings. The Hall–Kier alpha value is -3.29. The topological polar surface area (TPSA) is 84.7 Å². The first-order chi connectivity index (χ1) is 15.1. The van der Waals surface area contributed by atoms with Gasteiger partial charge >= 0.3 is 0 Å². The molecule has 160 valence electrons. The number of nitro groups is 1. The highest BCUT2D eigenvalue weighted by Crippen LogP contribution is 2.29. The van der Waals surface area contributed by atoms with Gasteiger partial charge in [-0.25, -0.2) is 0 Å². The van der Waals surface area contributed by atoms with Gasteiger partial charge in [-0.1, -0.05) is 48.5 Å². The first-order valence-electron chi connectivity index (χ1n) is 10.4. The van der Waals surface area contributed by atoms with Gasteiger partial charge in [0.05, 0.1) is 24.2 Å². The van der Waals surface area contributed by atoms with E-state index in [1.165, 1.54) is 6.07 Å². The molecular formula is C24H25N3O4. The number of hydrogen-bond acceptors (Lipinski definition) is 5. The molecule has 3 aromatic rings. The van der Waals surface area contributed by atoms with E-state index in [0.717, 1.165) is 29.4 Å². The number of nitrogens with one attached hydrogen (secondary N) is 1. The average Bonchev–Trinajstić information content (AvgIpc) is 2.80. The molecule has 1 aliphatic rings. The number of nitro benzene ring substituents is 1. The molecular weight excluding hydrogens is 394 g/mol. The molecule has 0 saturated carbocycles. The highest BCUT2D eigenvalue weighted by Gasteiger charge is 2.25. The van der Waals surface area contributed by atoms with Crippen molar-refractivity contribution in [1.82, 2.24) is 10.2 Å². The highest BCUT2D eigenvalue weighted by atomic mass is 16.6. The standard InChI is InChI=1S/C24H25N3O4/c1-17-19(9-5-11-22(17)27(29)30)24(28)25-16-23(26-12-14-31-15-13-26)21-10-4-7-18-6-2-3-8-20(18)21/h2-11,23H,12-16H2,1H3,(H,25,28)/t23-/m0/s1. The predicted octanol–water partition coefficient (Wildman–Crippen LogP) is 3.86. The maximum Gasteiger partial charge on any atom is 0.273 e. The van der Waals surface area contributed by atoms with Crippen molar-refractivity contribution in [3.05, 3.63) is 87.5 Å². The van der Waals surface area contributed by atoms with E-state index in [4.69, 9.17) is 4.74 Å². The lowest BCUT2D eigenvalue weighted by atomic mass is 9.97. The fourth-order valence-electron chi connectivity index (χ4n) is 4.22. The van der Waals surface area contributed by atoms with Crippen molar-refractivity contribution >= 4 is 22.4 Å². The first-order valence-corrected chi connectivity index (χ1v) is 10.4. The van der Waals surface area contributed by atoms with Crippen LogP contribution in [0.15, 0.2) is 60.7 Å². The molecule has 1 saturated heterocycles. The molecule has 1 atom stereocenters. The molecule has 1 N–H and O–H groups in total. The third-order valence-electron chi connectivity index (χ3n) is 5.87. The van der Waals surface area contributed by atoms with Gasteiger partial charge in [0.25, 0.3) is 11.6 Å². The summed E-state index contributed by atoms with van der Waals surface area (Å²) >= 11 is 0. The van der Waals surface area contributed by atoms with Crippen LogP contribution in [0.4, 0.5) is 5.69 Å². The van der Waals surface area contributed by atoms with Crippen LogP contribution >= 0.6 is 0 Å². The Labute approximate surface area is 180 Å². The summed E-state index contributed by atoms with van der Waals surface area (Å²) in [6.45, 7) is 4.86. The normalized spacial score (nSPS) is 15.5. The lowest BCUT2D eigenvalue weighted by molar-refractivity contribution is -0.385. The van der Waals surface area contributed by atoms with Crippen LogP contribution in [0.25, 0.3) is 10.8 Å². The quantitative estimate of drug-likeness (QED) is 0.484. The number of nitrogens with zero attached hydrogens (tertiary/aromatic N) is 2. The van der Waals surface area contributed by atoms with Crippen molar-refractivity contribution in [3.8, 4) is 0 Å². The molecule has 1 amide bonds. The number of morpholine rings is 1. The molecule has 0 bridgehead atoms. The number of fused-ring (bicyclic) bond motifs is 1. The van der Waals surface area contributed by atoms with Crippen molar-refractivity contribution in [2.75, 3.05) is 32.8 Å². The van der Waals surface area contributed by atoms with Crippen LogP contribution in [0, 0.1) is 17.0 Å². The van der Waals surface area contributed by atoms with E-state index in [1.807, 2.05) is 18.2 Å². The highest BCUT2D eigenvalue weighted by molar-refractivity contribution is 5.96. The second-order valence-corrected chi connectivity index (χ2v) is 7.65. The van der Waals surface area contributed by atoms with Crippen LogP contribution in [-0.2, 0) is 4.74 Å². The number of carbonyl (C=O) groups is 1. The van der Waals surface area contributed by atoms with E-state index in [0.29, 0.717) is 30.9 Å². The summed E-state index contributed by atoms with van der Waals surface area (Å²) < 4.78 is 5.53. The molecule has 1 aliphatic heterocycles. The first kappa shape index (κ1) is 21.0. The van der Waals surface area contributed by atoms with Gasteiger partial charge < -0.3 is 10.1 Å². The van der Waals surface area contributed by atoms with Crippen molar-refractivity contribution in [1.29, 1.82) is 0 Å². The smallest absolute Gasteiger partial charge is 0.273 e. The molecule has 3 aromatic carbocycles. The van der Waals surface area contributed by atoms with E-state index in [9.17, 15) is 14.9 Å². The average molecular weight is 419 g/mol. The fourth-order valence-corrected chi connectivity index (χ4v) is 4.22. The summed E-state index contributed by atoms with van der Waals surface area (Å²) in [6, 6.07) is 19.0. The van der Waals surface area contributed by atoms with E-state index in [2.05, 4.69) is 34.5 Å². The Morgan fingerprint density at radius 2 is 1.81 bits per heavy atom. The molecule has 7 nitrogen and oxygen atoms in total. The molecule has 4 rings (SSSR count). The van der Waals surface area contributed by atoms with Crippen LogP contribution in [0.5, 0.6) is 0 Å². The summed E-state index contributed by atoms with van der Waals surface area (Å²) in [7, 11) is 0. The van der Waals surface area contributed by atoms with Crippen molar-refractivity contribution in [2.45, 2.75) is 13.0 Å². The fraction of sp³-hybridized carbons (Fsp3) is 0.292. The maximum atomic E-state index is 12.9. The second kappa shape index (κ2) is 9.24. The van der Waals surface area contributed by atoms with Crippen molar-refractivity contribution in [2.24, 2.45) is 0 Å². The molecule has 0 aromatic heterocycles. The van der Waals surface area contributed by atoms with Gasteiger partial charge in [0.15, 0.2) is 0 Å². The molecule has 0 unspecified atom stereocenters. The number of carbonyl (C=O) groups excluding carboxylic acids is 1. The van der Waals surface area contributed by atoms with Crippen LogP contribution in [0.2, 0.25) is 0 Å². The zero-order valence-corrected chi connectivity index (χ0v) is 17.4. The van der Waals surface area contributed by atoms with Crippen molar-refractivity contribution in [3.63, 3.8) is 0 Å². The molecule has 31 heavy (non-hydrogen) atoms. The van der Waals surface area contributed by atoms with Crippen LogP contribution in [0.1, 0.15) is 27.5 Å². The Morgan fingerprint density at radius 1 is 1.10 bits per heavy atom. The molecule has 1 heterocycles. The Bertz CT molecular complexity index is 1100. The third kappa shape index (κ3) is 4.42. The Balaban J connectivity index is 1.62. The summed E-state index contributed by atoms with van der Waals surface area (Å²) in [5.74, 6) is -0.306. The monoisotopic (exact) mass is 419 g/mol. The van der Waals surface area contributed by atoms with Gasteiger partial charge in [-0.3, -0.25) is 19.8 Å². The minimum Gasteiger partial charge on any atom is -0.379 e. The minimum absolute atomic E-state index is 0.0297. The number of benzene rings is 3. The van der Waals surface area contributed by atoms with Crippen LogP contribution < -0.4 is 5.32 Å². The molecule has 0 radical (unpaired) electrons. The predicted molar refractivity (Wildman–Crippen MR) is 119 cm³/mol. The number of rotatable bonds is 6. The van der Waals surface area contributed by atoms with E-state index < -0.39 is 4.92 Å². The van der Waals surface area contributed by atoms with Gasteiger partial charge in [-0.2, -0.15) is 0 Å². The van der Waals surface area contributed by atoms with Crippen LogP contribution in [-0.4, -0.2) is 48.6 Å². The van der Waals surface area contributed by atoms with Gasteiger partial charge in [0.2, 0.25) is 0 Å². The number of ether oxygens (including phenoxy) is 1. The van der Waals surface area contributed by atoms with E-state index in [-0.39, 0.29) is 17.6 Å². The Kier molecular flexibility index (Phi) is 6.25. The lowest BCUT2D eigenvalue weighted by Gasteiger charge is -2.35. The van der Waals surface area contributed by atoms with Gasteiger partial charge in [0, 0.05) is 36.8 Å². The molecule has 0 aliphatic carbocycles. The van der Waals surface area contributed by atoms with Crippen molar-refractivity contribution < 1.29 is 14.5 Å². The van der Waals surface area contributed by atoms with Crippen LogP contribution in [0.3, 0.4) is 0 Å². The number of hydrogen-bond donors (Lipinski definition) is 1. The minimum atomic E-state index is -0.460. The maximum absolute atomic E-state index is 12.9. The molecule has 7 heteroatoms. The summed E-state index contributed by atoms with van der Waals surface area (Å²) in [6.07, 6.45) is 0. The Morgan fingerprint density at radius 3 is 2.58 bits per heavy atom. The largest absolute Gasteiger partial charge is 0.379 e. The zero-order chi connectivity index (χ0) is 21.8. The third-order valence-corrected chi connectivity index (χ3v) is 5.87. The second-order valence-electron chi connectivity index (χ2n) is 7.65. The van der Waals surface area contributed by atoms with E-state index in [1.54, 1.807) is 19.1 Å². The lowest BCUT2D eigenvalue weighted by Crippen LogP contribution is -2.44. The summed E-state index contributed by atoms with van der Waals surface area (Å²) in [4.78, 5) is 26.0. The van der Waals surface area contributed by atoms with E-state index >= 15 is 0 Å². The number of amides is 1. The van der Waals surface area contributed by atoms with Gasteiger partial charge in [0.1, 0.15) is 0 Å².